The minimum absolute atomic E-state index is 0.0283. The highest BCUT2D eigenvalue weighted by Gasteiger charge is 2.13. The molecule has 0 atom stereocenters. The predicted molar refractivity (Wildman–Crippen MR) is 91.8 cm³/mol. The van der Waals surface area contributed by atoms with Gasteiger partial charge in [-0.15, -0.1) is 0 Å². The first kappa shape index (κ1) is 18.2. The zero-order valence-electron chi connectivity index (χ0n) is 14.5. The minimum atomic E-state index is -0.652. The Morgan fingerprint density at radius 3 is 2.20 bits per heavy atom. The molecule has 1 N–H and O–H groups in total. The van der Waals surface area contributed by atoms with Gasteiger partial charge in [-0.2, -0.15) is 0 Å². The number of ether oxygens (including phenoxy) is 1. The normalized spacial score (nSPS) is 10.4. The van der Waals surface area contributed by atoms with E-state index in [1.54, 1.807) is 12.1 Å². The number of rotatable bonds is 4. The van der Waals surface area contributed by atoms with Crippen LogP contribution in [0.15, 0.2) is 33.9 Å². The SMILES string of the molecule is Cc1cc(C)cc(C(=O)OCC(=O)Nc2cc(=O)n(C)c(=O)n2C)c1. The summed E-state index contributed by atoms with van der Waals surface area (Å²) in [4.78, 5) is 47.4. The summed E-state index contributed by atoms with van der Waals surface area (Å²) in [6.45, 7) is 3.18. The quantitative estimate of drug-likeness (QED) is 0.813. The molecular weight excluding hydrogens is 326 g/mol. The van der Waals surface area contributed by atoms with Crippen LogP contribution in [-0.4, -0.2) is 27.6 Å². The van der Waals surface area contributed by atoms with E-state index in [1.807, 2.05) is 19.9 Å². The molecule has 1 amide bonds. The van der Waals surface area contributed by atoms with Crippen LogP contribution in [-0.2, 0) is 23.6 Å². The fourth-order valence-corrected chi connectivity index (χ4v) is 2.34. The third kappa shape index (κ3) is 4.23. The molecule has 2 rings (SSSR count). The molecule has 0 spiro atoms. The van der Waals surface area contributed by atoms with Gasteiger partial charge >= 0.3 is 11.7 Å². The van der Waals surface area contributed by atoms with Gasteiger partial charge in [0.2, 0.25) is 0 Å². The van der Waals surface area contributed by atoms with Gasteiger partial charge in [0.05, 0.1) is 5.56 Å². The topological polar surface area (TPSA) is 99.4 Å². The number of anilines is 1. The van der Waals surface area contributed by atoms with E-state index < -0.39 is 29.7 Å². The molecule has 0 aliphatic carbocycles. The molecule has 25 heavy (non-hydrogen) atoms. The third-order valence-electron chi connectivity index (χ3n) is 3.59. The third-order valence-corrected chi connectivity index (χ3v) is 3.59. The van der Waals surface area contributed by atoms with Gasteiger partial charge in [0, 0.05) is 20.2 Å². The Morgan fingerprint density at radius 1 is 1.00 bits per heavy atom. The van der Waals surface area contributed by atoms with Crippen molar-refractivity contribution in [2.75, 3.05) is 11.9 Å². The molecule has 1 aromatic heterocycles. The molecule has 1 aromatic carbocycles. The Labute approximate surface area is 143 Å². The summed E-state index contributed by atoms with van der Waals surface area (Å²) in [7, 11) is 2.75. The summed E-state index contributed by atoms with van der Waals surface area (Å²) < 4.78 is 7.00. The van der Waals surface area contributed by atoms with E-state index in [2.05, 4.69) is 5.32 Å². The van der Waals surface area contributed by atoms with Crippen molar-refractivity contribution in [1.82, 2.24) is 9.13 Å². The van der Waals surface area contributed by atoms with Crippen LogP contribution < -0.4 is 16.6 Å². The number of esters is 1. The molecular formula is C17H19N3O5. The summed E-state index contributed by atoms with van der Waals surface area (Å²) in [5.41, 5.74) is 1.05. The van der Waals surface area contributed by atoms with E-state index >= 15 is 0 Å². The number of carbonyl (C=O) groups is 2. The van der Waals surface area contributed by atoms with Crippen LogP contribution in [0.5, 0.6) is 0 Å². The first-order valence-corrected chi connectivity index (χ1v) is 7.51. The number of nitrogens with zero attached hydrogens (tertiary/aromatic N) is 2. The number of hydrogen-bond donors (Lipinski definition) is 1. The zero-order valence-corrected chi connectivity index (χ0v) is 14.5. The number of amides is 1. The standard InChI is InChI=1S/C17H19N3O5/c1-10-5-11(2)7-12(6-10)16(23)25-9-14(21)18-13-8-15(22)20(4)17(24)19(13)3/h5-8H,9H2,1-4H3,(H,18,21). The summed E-state index contributed by atoms with van der Waals surface area (Å²) >= 11 is 0. The van der Waals surface area contributed by atoms with Gasteiger partial charge in [0.25, 0.3) is 11.5 Å². The van der Waals surface area contributed by atoms with Crippen LogP contribution in [0.1, 0.15) is 21.5 Å². The van der Waals surface area contributed by atoms with Crippen molar-refractivity contribution in [3.05, 3.63) is 61.8 Å². The van der Waals surface area contributed by atoms with Crippen molar-refractivity contribution in [3.8, 4) is 0 Å². The van der Waals surface area contributed by atoms with Crippen molar-refractivity contribution in [3.63, 3.8) is 0 Å². The van der Waals surface area contributed by atoms with Gasteiger partial charge < -0.3 is 10.1 Å². The summed E-state index contributed by atoms with van der Waals surface area (Å²) in [5, 5.41) is 2.38. The second kappa shape index (κ2) is 7.16. The van der Waals surface area contributed by atoms with Crippen molar-refractivity contribution in [2.24, 2.45) is 14.1 Å². The lowest BCUT2D eigenvalue weighted by Crippen LogP contribution is -2.38. The van der Waals surface area contributed by atoms with Crippen molar-refractivity contribution in [2.45, 2.75) is 13.8 Å². The van der Waals surface area contributed by atoms with E-state index in [9.17, 15) is 19.2 Å². The lowest BCUT2D eigenvalue weighted by atomic mass is 10.1. The molecule has 0 saturated heterocycles. The lowest BCUT2D eigenvalue weighted by molar-refractivity contribution is -0.119. The largest absolute Gasteiger partial charge is 0.452 e. The molecule has 132 valence electrons. The Morgan fingerprint density at radius 2 is 1.60 bits per heavy atom. The van der Waals surface area contributed by atoms with Crippen molar-refractivity contribution < 1.29 is 14.3 Å². The van der Waals surface area contributed by atoms with Crippen LogP contribution in [0.2, 0.25) is 0 Å². The number of hydrogen-bond acceptors (Lipinski definition) is 5. The summed E-state index contributed by atoms with van der Waals surface area (Å²) in [6.07, 6.45) is 0. The fourth-order valence-electron chi connectivity index (χ4n) is 2.34. The van der Waals surface area contributed by atoms with Crippen LogP contribution in [0.4, 0.5) is 5.82 Å². The molecule has 0 bridgehead atoms. The number of aryl methyl sites for hydroxylation is 2. The van der Waals surface area contributed by atoms with Crippen LogP contribution in [0.3, 0.4) is 0 Å². The molecule has 0 aliphatic rings. The lowest BCUT2D eigenvalue weighted by Gasteiger charge is -2.11. The van der Waals surface area contributed by atoms with E-state index in [0.29, 0.717) is 5.56 Å². The highest BCUT2D eigenvalue weighted by atomic mass is 16.5. The number of aromatic nitrogens is 2. The average molecular weight is 345 g/mol. The maximum Gasteiger partial charge on any atom is 0.338 e. The Hall–Kier alpha value is -3.16. The average Bonchev–Trinajstić information content (AvgIpc) is 2.54. The summed E-state index contributed by atoms with van der Waals surface area (Å²) in [5.74, 6) is -1.25. The Kier molecular flexibility index (Phi) is 5.21. The fraction of sp³-hybridized carbons (Fsp3) is 0.294. The second-order valence-corrected chi connectivity index (χ2v) is 5.77. The van der Waals surface area contributed by atoms with E-state index in [-0.39, 0.29) is 5.82 Å². The van der Waals surface area contributed by atoms with Gasteiger partial charge in [-0.25, -0.2) is 9.59 Å². The molecule has 2 aromatic rings. The molecule has 0 radical (unpaired) electrons. The molecule has 0 fully saturated rings. The minimum Gasteiger partial charge on any atom is -0.452 e. The van der Waals surface area contributed by atoms with Gasteiger partial charge in [-0.3, -0.25) is 18.7 Å². The zero-order chi connectivity index (χ0) is 18.7. The molecule has 0 saturated carbocycles. The van der Waals surface area contributed by atoms with Crippen molar-refractivity contribution in [1.29, 1.82) is 0 Å². The Balaban J connectivity index is 2.05. The predicted octanol–water partition coefficient (Wildman–Crippen LogP) is 0.496. The molecule has 1 heterocycles. The van der Waals surface area contributed by atoms with Crippen LogP contribution in [0, 0.1) is 13.8 Å². The van der Waals surface area contributed by atoms with Crippen LogP contribution in [0.25, 0.3) is 0 Å². The van der Waals surface area contributed by atoms with Gasteiger partial charge in [-0.1, -0.05) is 17.2 Å². The van der Waals surface area contributed by atoms with Crippen molar-refractivity contribution >= 4 is 17.7 Å². The molecule has 8 heteroatoms. The number of carbonyl (C=O) groups excluding carboxylic acids is 2. The van der Waals surface area contributed by atoms with E-state index in [1.165, 1.54) is 14.1 Å². The molecule has 8 nitrogen and oxygen atoms in total. The monoisotopic (exact) mass is 345 g/mol. The highest BCUT2D eigenvalue weighted by molar-refractivity contribution is 5.95. The first-order chi connectivity index (χ1) is 11.7. The summed E-state index contributed by atoms with van der Waals surface area (Å²) in [6, 6.07) is 6.36. The Bertz CT molecular complexity index is 935. The smallest absolute Gasteiger partial charge is 0.338 e. The second-order valence-electron chi connectivity index (χ2n) is 5.77. The van der Waals surface area contributed by atoms with E-state index in [4.69, 9.17) is 4.74 Å². The van der Waals surface area contributed by atoms with Gasteiger partial charge in [-0.05, 0) is 26.0 Å². The first-order valence-electron chi connectivity index (χ1n) is 7.51. The molecule has 0 aliphatic heterocycles. The van der Waals surface area contributed by atoms with Crippen LogP contribution >= 0.6 is 0 Å². The maximum absolute atomic E-state index is 12.0. The number of benzene rings is 1. The van der Waals surface area contributed by atoms with Gasteiger partial charge in [0.1, 0.15) is 5.82 Å². The maximum atomic E-state index is 12.0. The molecule has 0 unspecified atom stereocenters. The highest BCUT2D eigenvalue weighted by Crippen LogP contribution is 2.10. The van der Waals surface area contributed by atoms with E-state index in [0.717, 1.165) is 26.3 Å². The van der Waals surface area contributed by atoms with Gasteiger partial charge in [0.15, 0.2) is 6.61 Å². The number of nitrogens with one attached hydrogen (secondary N) is 1.